The van der Waals surface area contributed by atoms with Gasteiger partial charge in [-0.15, -0.1) is 0 Å². The summed E-state index contributed by atoms with van der Waals surface area (Å²) in [5.74, 6) is -58.1. The molecular weight excluding hydrogens is 780 g/mol. The summed E-state index contributed by atoms with van der Waals surface area (Å²) in [6.45, 7) is 6.48. The second kappa shape index (κ2) is 11.6. The van der Waals surface area contributed by atoms with E-state index in [0.29, 0.717) is 10.0 Å². The fraction of sp³-hybridized carbons (Fsp3) is 0.500. The molecule has 2 heterocycles. The highest BCUT2D eigenvalue weighted by atomic mass is 32.2. The first-order valence-corrected chi connectivity index (χ1v) is 15.5. The van der Waals surface area contributed by atoms with Gasteiger partial charge in [-0.05, 0) is 45.9 Å². The molecular formula is C28H21BF17NO4S. The minimum atomic E-state index is -8.79. The van der Waals surface area contributed by atoms with Crippen molar-refractivity contribution in [1.82, 2.24) is 3.97 Å². The van der Waals surface area contributed by atoms with Crippen LogP contribution in [0.3, 0.4) is 0 Å². The van der Waals surface area contributed by atoms with Gasteiger partial charge < -0.3 is 9.31 Å². The Hall–Kier alpha value is -3.28. The molecule has 52 heavy (non-hydrogen) atoms. The van der Waals surface area contributed by atoms with E-state index >= 15 is 8.78 Å². The average molecular weight is 801 g/mol. The molecule has 1 saturated heterocycles. The van der Waals surface area contributed by atoms with Gasteiger partial charge in [0.1, 0.15) is 0 Å². The third kappa shape index (κ3) is 5.46. The molecule has 5 nitrogen and oxygen atoms in total. The summed E-state index contributed by atoms with van der Waals surface area (Å²) < 4.78 is 275. The van der Waals surface area contributed by atoms with Gasteiger partial charge in [0, 0.05) is 22.6 Å². The van der Waals surface area contributed by atoms with Gasteiger partial charge in [0.15, 0.2) is 0 Å². The molecule has 0 amide bonds. The number of aromatic nitrogens is 1. The fourth-order valence-electron chi connectivity index (χ4n) is 4.84. The molecule has 1 aliphatic heterocycles. The molecule has 290 valence electrons. The van der Waals surface area contributed by atoms with Gasteiger partial charge in [-0.25, -0.2) is 12.4 Å². The molecule has 0 aliphatic carbocycles. The molecule has 3 aromatic rings. The van der Waals surface area contributed by atoms with Crippen LogP contribution in [0.1, 0.15) is 33.3 Å². The van der Waals surface area contributed by atoms with Crippen LogP contribution in [0.4, 0.5) is 74.6 Å². The second-order valence-corrected chi connectivity index (χ2v) is 14.4. The number of fused-ring (bicyclic) bond motifs is 1. The molecule has 0 radical (unpaired) electrons. The molecule has 0 atom stereocenters. The topological polar surface area (TPSA) is 57.5 Å². The van der Waals surface area contributed by atoms with Gasteiger partial charge in [0.05, 0.1) is 21.6 Å². The van der Waals surface area contributed by atoms with Gasteiger partial charge in [-0.1, -0.05) is 30.3 Å². The Morgan fingerprint density at radius 2 is 1.04 bits per heavy atom. The molecule has 4 rings (SSSR count). The summed E-state index contributed by atoms with van der Waals surface area (Å²) in [4.78, 5) is -1.47. The van der Waals surface area contributed by atoms with Crippen LogP contribution in [0.25, 0.3) is 10.9 Å². The van der Waals surface area contributed by atoms with Crippen LogP contribution in [-0.4, -0.2) is 72.4 Å². The lowest BCUT2D eigenvalue weighted by Gasteiger charge is -2.42. The van der Waals surface area contributed by atoms with Crippen molar-refractivity contribution in [3.05, 3.63) is 60.3 Å². The number of benzene rings is 2. The molecule has 1 aromatic heterocycles. The lowest BCUT2D eigenvalue weighted by atomic mass is 9.79. The Morgan fingerprint density at radius 3 is 1.52 bits per heavy atom. The predicted octanol–water partition coefficient (Wildman–Crippen LogP) is 8.64. The highest BCUT2D eigenvalue weighted by Crippen LogP contribution is 2.65. The van der Waals surface area contributed by atoms with E-state index in [-0.39, 0.29) is 28.5 Å². The zero-order chi connectivity index (χ0) is 40.3. The van der Waals surface area contributed by atoms with Crippen LogP contribution in [-0.2, 0) is 25.3 Å². The number of nitrogens with zero attached hydrogens (tertiary/aromatic N) is 1. The van der Waals surface area contributed by atoms with Crippen LogP contribution in [0.2, 0.25) is 0 Å². The average Bonchev–Trinajstić information content (AvgIpc) is 3.49. The van der Waals surface area contributed by atoms with Crippen molar-refractivity contribution in [3.63, 3.8) is 0 Å². The lowest BCUT2D eigenvalue weighted by molar-refractivity contribution is -0.462. The van der Waals surface area contributed by atoms with Crippen LogP contribution in [0.15, 0.2) is 59.6 Å². The molecule has 0 unspecified atom stereocenters. The van der Waals surface area contributed by atoms with E-state index < -0.39 is 92.5 Å². The standard InChI is InChI=1S/C28H21BF17NO4S/c1-19(2)20(3,4)51-29(50-19)17-13-47(18-11-6-5-10-16(17)18)52(48,49)15-9-7-8-14(12-15)21(30,31)22(32,33)23(34,35)24(36,37)25(38,39)26(40,41)27(42,43)28(44,45)46/h5-13H,1-4H3. The SMILES string of the molecule is CC1(C)OB(c2cn(S(=O)(=O)c3cccc(C(F)(F)C(F)(F)C(F)(F)C(F)(F)C(F)(F)C(F)(F)C(F)(F)C(F)(F)F)c3)c3ccccc23)OC1(C)C. The molecule has 0 saturated carbocycles. The van der Waals surface area contributed by atoms with Crippen molar-refractivity contribution < 1.29 is 92.4 Å². The molecule has 0 bridgehead atoms. The first-order valence-electron chi connectivity index (χ1n) is 14.0. The molecule has 24 heteroatoms. The Kier molecular flexibility index (Phi) is 9.26. The highest BCUT2D eigenvalue weighted by Gasteiger charge is 2.95. The molecule has 1 fully saturated rings. The smallest absolute Gasteiger partial charge is 0.399 e. The maximum atomic E-state index is 15.1. The van der Waals surface area contributed by atoms with E-state index in [4.69, 9.17) is 9.31 Å². The van der Waals surface area contributed by atoms with E-state index in [1.165, 1.54) is 18.2 Å². The third-order valence-electron chi connectivity index (χ3n) is 8.69. The van der Waals surface area contributed by atoms with Gasteiger partial charge in [0.25, 0.3) is 10.0 Å². The number of halogens is 17. The maximum Gasteiger partial charge on any atom is 0.497 e. The van der Waals surface area contributed by atoms with Crippen LogP contribution < -0.4 is 5.46 Å². The van der Waals surface area contributed by atoms with Crippen molar-refractivity contribution in [2.75, 3.05) is 0 Å². The highest BCUT2D eigenvalue weighted by molar-refractivity contribution is 7.90. The van der Waals surface area contributed by atoms with Crippen LogP contribution in [0.5, 0.6) is 0 Å². The van der Waals surface area contributed by atoms with Crippen molar-refractivity contribution in [2.45, 2.75) is 91.4 Å². The first kappa shape index (κ1) is 41.5. The number of alkyl halides is 17. The third-order valence-corrected chi connectivity index (χ3v) is 10.4. The van der Waals surface area contributed by atoms with E-state index in [0.717, 1.165) is 12.3 Å². The lowest BCUT2D eigenvalue weighted by Crippen LogP contribution is -2.74. The summed E-state index contributed by atoms with van der Waals surface area (Å²) in [6.07, 6.45) is -7.03. The van der Waals surface area contributed by atoms with E-state index in [9.17, 15) is 74.3 Å². The number of hydrogen-bond donors (Lipinski definition) is 0. The fourth-order valence-corrected chi connectivity index (χ4v) is 6.27. The second-order valence-electron chi connectivity index (χ2n) is 12.5. The van der Waals surface area contributed by atoms with Crippen LogP contribution >= 0.6 is 0 Å². The minimum absolute atomic E-state index is 0.00143. The van der Waals surface area contributed by atoms with E-state index in [1.54, 1.807) is 27.7 Å². The first-order chi connectivity index (χ1) is 23.0. The number of rotatable bonds is 10. The monoisotopic (exact) mass is 801 g/mol. The van der Waals surface area contributed by atoms with E-state index in [1.807, 2.05) is 0 Å². The summed E-state index contributed by atoms with van der Waals surface area (Å²) >= 11 is 0. The van der Waals surface area contributed by atoms with E-state index in [2.05, 4.69) is 0 Å². The Balaban J connectivity index is 1.81. The molecule has 0 N–H and O–H groups in total. The molecule has 1 aliphatic rings. The summed E-state index contributed by atoms with van der Waals surface area (Å²) in [6, 6.07) is 4.93. The Morgan fingerprint density at radius 1 is 0.596 bits per heavy atom. The summed E-state index contributed by atoms with van der Waals surface area (Å²) in [5, 5.41) is 0.0910. The minimum Gasteiger partial charge on any atom is -0.399 e. The van der Waals surface area contributed by atoms with Gasteiger partial charge >= 0.3 is 54.8 Å². The van der Waals surface area contributed by atoms with Crippen molar-refractivity contribution in [1.29, 1.82) is 0 Å². The van der Waals surface area contributed by atoms with Crippen molar-refractivity contribution in [3.8, 4) is 0 Å². The summed E-state index contributed by atoms with van der Waals surface area (Å²) in [5.41, 5.74) is -4.90. The quantitative estimate of drug-likeness (QED) is 0.152. The summed E-state index contributed by atoms with van der Waals surface area (Å²) in [7, 11) is -6.60. The predicted molar refractivity (Wildman–Crippen MR) is 146 cm³/mol. The molecule has 2 aromatic carbocycles. The van der Waals surface area contributed by atoms with Crippen molar-refractivity contribution >= 4 is 33.5 Å². The number of para-hydroxylation sites is 1. The normalized spacial score (nSPS) is 18.4. The largest absolute Gasteiger partial charge is 0.497 e. The van der Waals surface area contributed by atoms with Crippen molar-refractivity contribution in [2.24, 2.45) is 0 Å². The zero-order valence-corrected chi connectivity index (χ0v) is 27.0. The van der Waals surface area contributed by atoms with Gasteiger partial charge in [0.2, 0.25) is 0 Å². The van der Waals surface area contributed by atoms with Gasteiger partial charge in [-0.2, -0.15) is 74.6 Å². The zero-order valence-electron chi connectivity index (χ0n) is 26.2. The maximum absolute atomic E-state index is 15.1. The molecule has 0 spiro atoms. The number of hydrogen-bond acceptors (Lipinski definition) is 4. The van der Waals surface area contributed by atoms with Crippen LogP contribution in [0, 0.1) is 0 Å². The Bertz CT molecular complexity index is 1960. The Labute approximate surface area is 281 Å². The van der Waals surface area contributed by atoms with Gasteiger partial charge in [-0.3, -0.25) is 0 Å².